The first kappa shape index (κ1) is 11.0. The number of hydrogen-bond acceptors (Lipinski definition) is 3. The van der Waals surface area contributed by atoms with E-state index in [1.807, 2.05) is 0 Å². The summed E-state index contributed by atoms with van der Waals surface area (Å²) in [6.45, 7) is 8.21. The number of aliphatic hydroxyl groups is 1. The lowest BCUT2D eigenvalue weighted by molar-refractivity contribution is 0.112. The second-order valence-electron chi connectivity index (χ2n) is 4.06. The Morgan fingerprint density at radius 2 is 1.85 bits per heavy atom. The number of aliphatic hydroxyl groups excluding tert-OH is 1. The molecule has 0 amide bonds. The molecule has 0 aromatic rings. The topological polar surface area (TPSA) is 26.7 Å². The van der Waals surface area contributed by atoms with Crippen molar-refractivity contribution >= 4 is 0 Å². The zero-order valence-electron chi connectivity index (χ0n) is 8.87. The number of piperazine rings is 1. The molecule has 1 rings (SSSR count). The van der Waals surface area contributed by atoms with Gasteiger partial charge < -0.3 is 14.9 Å². The average molecular weight is 186 g/mol. The summed E-state index contributed by atoms with van der Waals surface area (Å²) < 4.78 is 0. The molecule has 1 saturated heterocycles. The Labute approximate surface area is 81.3 Å². The third-order valence-electron chi connectivity index (χ3n) is 2.95. The average Bonchev–Trinajstić information content (AvgIpc) is 2.17. The lowest BCUT2D eigenvalue weighted by Gasteiger charge is -2.34. The largest absolute Gasteiger partial charge is 0.396 e. The Balaban J connectivity index is 2.21. The molecular weight excluding hydrogens is 164 g/mol. The van der Waals surface area contributed by atoms with Crippen LogP contribution < -0.4 is 0 Å². The zero-order chi connectivity index (χ0) is 9.68. The number of likely N-dealkylation sites (N-methyl/N-ethyl adjacent to an activating group) is 1. The molecule has 1 atom stereocenters. The highest BCUT2D eigenvalue weighted by molar-refractivity contribution is 4.71. The minimum absolute atomic E-state index is 0.336. The highest BCUT2D eigenvalue weighted by Gasteiger charge is 2.16. The molecule has 0 spiro atoms. The predicted molar refractivity (Wildman–Crippen MR) is 54.8 cm³/mol. The van der Waals surface area contributed by atoms with Crippen LogP contribution in [0.1, 0.15) is 13.3 Å². The second-order valence-corrected chi connectivity index (χ2v) is 4.06. The fourth-order valence-electron chi connectivity index (χ4n) is 1.71. The van der Waals surface area contributed by atoms with E-state index in [1.165, 1.54) is 13.1 Å². The van der Waals surface area contributed by atoms with Gasteiger partial charge in [0.15, 0.2) is 0 Å². The van der Waals surface area contributed by atoms with Gasteiger partial charge in [-0.2, -0.15) is 0 Å². The molecule has 13 heavy (non-hydrogen) atoms. The van der Waals surface area contributed by atoms with Gasteiger partial charge in [0.1, 0.15) is 0 Å². The minimum Gasteiger partial charge on any atom is -0.396 e. The number of hydrogen-bond donors (Lipinski definition) is 1. The number of rotatable bonds is 4. The Morgan fingerprint density at radius 1 is 1.23 bits per heavy atom. The van der Waals surface area contributed by atoms with Crippen molar-refractivity contribution in [1.29, 1.82) is 0 Å². The Bertz CT molecular complexity index is 129. The smallest absolute Gasteiger partial charge is 0.0471 e. The van der Waals surface area contributed by atoms with Gasteiger partial charge in [0.25, 0.3) is 0 Å². The van der Waals surface area contributed by atoms with Crippen molar-refractivity contribution < 1.29 is 5.11 Å². The van der Waals surface area contributed by atoms with Gasteiger partial charge in [-0.25, -0.2) is 0 Å². The maximum absolute atomic E-state index is 9.07. The molecule has 1 unspecified atom stereocenters. The quantitative estimate of drug-likeness (QED) is 0.682. The van der Waals surface area contributed by atoms with Crippen LogP contribution in [0.25, 0.3) is 0 Å². The van der Waals surface area contributed by atoms with Crippen LogP contribution in [-0.4, -0.2) is 61.3 Å². The van der Waals surface area contributed by atoms with Crippen LogP contribution in [0.5, 0.6) is 0 Å². The Morgan fingerprint density at radius 3 is 2.31 bits per heavy atom. The first-order valence-electron chi connectivity index (χ1n) is 5.28. The van der Waals surface area contributed by atoms with Crippen molar-refractivity contribution in [2.24, 2.45) is 5.92 Å². The molecular formula is C10H22N2O. The molecule has 0 bridgehead atoms. The molecule has 0 saturated carbocycles. The van der Waals surface area contributed by atoms with Crippen molar-refractivity contribution in [1.82, 2.24) is 9.80 Å². The molecule has 1 aliphatic heterocycles. The van der Waals surface area contributed by atoms with Crippen molar-refractivity contribution in [2.75, 3.05) is 46.4 Å². The SMILES string of the molecule is CCC(CO)CN1CCN(C)CC1. The van der Waals surface area contributed by atoms with E-state index in [-0.39, 0.29) is 0 Å². The third-order valence-corrected chi connectivity index (χ3v) is 2.95. The fourth-order valence-corrected chi connectivity index (χ4v) is 1.71. The molecule has 3 heteroatoms. The molecule has 1 aliphatic rings. The first-order chi connectivity index (χ1) is 6.26. The van der Waals surface area contributed by atoms with Crippen LogP contribution in [0.2, 0.25) is 0 Å². The third kappa shape index (κ3) is 3.63. The summed E-state index contributed by atoms with van der Waals surface area (Å²) in [6.07, 6.45) is 1.09. The molecule has 1 fully saturated rings. The molecule has 1 heterocycles. The molecule has 1 N–H and O–H groups in total. The summed E-state index contributed by atoms with van der Waals surface area (Å²) in [5, 5.41) is 9.07. The molecule has 0 aliphatic carbocycles. The molecule has 3 nitrogen and oxygen atoms in total. The van der Waals surface area contributed by atoms with Crippen molar-refractivity contribution in [3.63, 3.8) is 0 Å². The van der Waals surface area contributed by atoms with Crippen LogP contribution in [-0.2, 0) is 0 Å². The Kier molecular flexibility index (Phi) is 4.70. The standard InChI is InChI=1S/C10H22N2O/c1-3-10(9-13)8-12-6-4-11(2)5-7-12/h10,13H,3-9H2,1-2H3. The van der Waals surface area contributed by atoms with Gasteiger partial charge in [0, 0.05) is 39.3 Å². The van der Waals surface area contributed by atoms with Gasteiger partial charge in [-0.3, -0.25) is 0 Å². The summed E-state index contributed by atoms with van der Waals surface area (Å²) in [5.41, 5.74) is 0. The predicted octanol–water partition coefficient (Wildman–Crippen LogP) is 0.252. The molecule has 0 aromatic heterocycles. The van der Waals surface area contributed by atoms with Gasteiger partial charge in [-0.05, 0) is 19.4 Å². The van der Waals surface area contributed by atoms with E-state index in [9.17, 15) is 0 Å². The highest BCUT2D eigenvalue weighted by atomic mass is 16.3. The van der Waals surface area contributed by atoms with E-state index in [2.05, 4.69) is 23.8 Å². The van der Waals surface area contributed by atoms with E-state index < -0.39 is 0 Å². The van der Waals surface area contributed by atoms with Crippen molar-refractivity contribution in [3.8, 4) is 0 Å². The number of nitrogens with zero attached hydrogens (tertiary/aromatic N) is 2. The second kappa shape index (κ2) is 5.58. The van der Waals surface area contributed by atoms with Crippen molar-refractivity contribution in [2.45, 2.75) is 13.3 Å². The summed E-state index contributed by atoms with van der Waals surface area (Å²) in [4.78, 5) is 4.82. The summed E-state index contributed by atoms with van der Waals surface area (Å²) in [5.74, 6) is 0.475. The van der Waals surface area contributed by atoms with E-state index in [0.29, 0.717) is 12.5 Å². The van der Waals surface area contributed by atoms with E-state index >= 15 is 0 Å². The van der Waals surface area contributed by atoms with Crippen molar-refractivity contribution in [3.05, 3.63) is 0 Å². The van der Waals surface area contributed by atoms with Crippen LogP contribution in [0.4, 0.5) is 0 Å². The molecule has 0 radical (unpaired) electrons. The van der Waals surface area contributed by atoms with E-state index in [1.54, 1.807) is 0 Å². The Hall–Kier alpha value is -0.120. The lowest BCUT2D eigenvalue weighted by Crippen LogP contribution is -2.46. The minimum atomic E-state index is 0.336. The van der Waals surface area contributed by atoms with Crippen LogP contribution in [0, 0.1) is 5.92 Å². The van der Waals surface area contributed by atoms with Gasteiger partial charge in [0.05, 0.1) is 0 Å². The first-order valence-corrected chi connectivity index (χ1v) is 5.28. The van der Waals surface area contributed by atoms with Crippen LogP contribution in [0.3, 0.4) is 0 Å². The van der Waals surface area contributed by atoms with Crippen LogP contribution >= 0.6 is 0 Å². The van der Waals surface area contributed by atoms with E-state index in [4.69, 9.17) is 5.11 Å². The highest BCUT2D eigenvalue weighted by Crippen LogP contribution is 2.07. The van der Waals surface area contributed by atoms with Gasteiger partial charge >= 0.3 is 0 Å². The van der Waals surface area contributed by atoms with Gasteiger partial charge in [0.2, 0.25) is 0 Å². The summed E-state index contributed by atoms with van der Waals surface area (Å²) >= 11 is 0. The molecule has 0 aromatic carbocycles. The van der Waals surface area contributed by atoms with Gasteiger partial charge in [-0.1, -0.05) is 6.92 Å². The summed E-state index contributed by atoms with van der Waals surface area (Å²) in [7, 11) is 2.17. The summed E-state index contributed by atoms with van der Waals surface area (Å²) in [6, 6.07) is 0. The lowest BCUT2D eigenvalue weighted by atomic mass is 10.1. The maximum atomic E-state index is 9.07. The normalized spacial score (nSPS) is 23.3. The van der Waals surface area contributed by atoms with Crippen LogP contribution in [0.15, 0.2) is 0 Å². The van der Waals surface area contributed by atoms with E-state index in [0.717, 1.165) is 26.1 Å². The monoisotopic (exact) mass is 186 g/mol. The maximum Gasteiger partial charge on any atom is 0.0471 e. The molecule has 78 valence electrons. The zero-order valence-corrected chi connectivity index (χ0v) is 8.87. The van der Waals surface area contributed by atoms with Gasteiger partial charge in [-0.15, -0.1) is 0 Å². The fraction of sp³-hybridized carbons (Fsp3) is 1.00.